The number of benzene rings is 1. The maximum absolute atomic E-state index is 13.9. The van der Waals surface area contributed by atoms with Crippen LogP contribution in [0.15, 0.2) is 18.2 Å². The van der Waals surface area contributed by atoms with Crippen molar-refractivity contribution in [2.24, 2.45) is 0 Å². The van der Waals surface area contributed by atoms with Gasteiger partial charge in [-0.05, 0) is 31.0 Å². The third-order valence-electron chi connectivity index (χ3n) is 3.23. The van der Waals surface area contributed by atoms with Gasteiger partial charge in [0.05, 0.1) is 5.69 Å². The lowest BCUT2D eigenvalue weighted by molar-refractivity contribution is -0.163. The highest BCUT2D eigenvalue weighted by Crippen LogP contribution is 2.28. The molecule has 1 aromatic carbocycles. The van der Waals surface area contributed by atoms with Crippen LogP contribution in [0.5, 0.6) is 0 Å². The minimum absolute atomic E-state index is 0.291. The quantitative estimate of drug-likeness (QED) is 0.866. The summed E-state index contributed by atoms with van der Waals surface area (Å²) >= 11 is 0. The number of rotatable bonds is 4. The molecule has 1 fully saturated rings. The van der Waals surface area contributed by atoms with Crippen molar-refractivity contribution < 1.29 is 26.7 Å². The standard InChI is InChI=1S/C13H13F5N2O/c14-9-7-8(19-12(21)13(17,18)11(15)16)3-4-10(9)20-5-1-2-6-20/h3-4,7,11H,1-2,5-6H2,(H,19,21). The van der Waals surface area contributed by atoms with Gasteiger partial charge < -0.3 is 10.2 Å². The molecule has 1 N–H and O–H groups in total. The molecule has 116 valence electrons. The number of carbonyl (C=O) groups is 1. The number of anilines is 2. The third-order valence-corrected chi connectivity index (χ3v) is 3.23. The summed E-state index contributed by atoms with van der Waals surface area (Å²) in [6, 6.07) is 3.38. The van der Waals surface area contributed by atoms with Crippen molar-refractivity contribution >= 4 is 17.3 Å². The lowest BCUT2D eigenvalue weighted by atomic mass is 10.2. The molecule has 1 aliphatic heterocycles. The van der Waals surface area contributed by atoms with Crippen LogP contribution < -0.4 is 10.2 Å². The summed E-state index contributed by atoms with van der Waals surface area (Å²) in [4.78, 5) is 12.8. The Morgan fingerprint density at radius 3 is 2.38 bits per heavy atom. The predicted molar refractivity (Wildman–Crippen MR) is 67.4 cm³/mol. The van der Waals surface area contributed by atoms with Crippen molar-refractivity contribution in [3.63, 3.8) is 0 Å². The van der Waals surface area contributed by atoms with Crippen LogP contribution in [0.4, 0.5) is 33.3 Å². The van der Waals surface area contributed by atoms with E-state index in [1.165, 1.54) is 12.1 Å². The molecule has 8 heteroatoms. The largest absolute Gasteiger partial charge is 0.383 e. The normalized spacial score (nSPS) is 15.6. The van der Waals surface area contributed by atoms with E-state index in [-0.39, 0.29) is 5.69 Å². The van der Waals surface area contributed by atoms with E-state index in [2.05, 4.69) is 0 Å². The van der Waals surface area contributed by atoms with Gasteiger partial charge in [-0.2, -0.15) is 8.78 Å². The van der Waals surface area contributed by atoms with Crippen LogP contribution in [0.3, 0.4) is 0 Å². The number of amides is 1. The molecule has 0 atom stereocenters. The summed E-state index contributed by atoms with van der Waals surface area (Å²) in [6.45, 7) is 1.37. The van der Waals surface area contributed by atoms with E-state index in [1.807, 2.05) is 0 Å². The number of nitrogens with zero attached hydrogens (tertiary/aromatic N) is 1. The Morgan fingerprint density at radius 1 is 1.24 bits per heavy atom. The summed E-state index contributed by atoms with van der Waals surface area (Å²) in [5, 5.41) is 1.59. The minimum Gasteiger partial charge on any atom is -0.369 e. The first-order valence-corrected chi connectivity index (χ1v) is 6.34. The molecule has 0 unspecified atom stereocenters. The molecule has 1 heterocycles. The van der Waals surface area contributed by atoms with Crippen LogP contribution in [0.25, 0.3) is 0 Å². The van der Waals surface area contributed by atoms with Gasteiger partial charge in [0.25, 0.3) is 0 Å². The molecule has 0 aliphatic carbocycles. The number of alkyl halides is 4. The van der Waals surface area contributed by atoms with Crippen LogP contribution in [-0.2, 0) is 4.79 Å². The summed E-state index contributed by atoms with van der Waals surface area (Å²) in [5.74, 6) is -7.68. The summed E-state index contributed by atoms with van der Waals surface area (Å²) < 4.78 is 63.5. The van der Waals surface area contributed by atoms with Gasteiger partial charge in [0, 0.05) is 18.8 Å². The fraction of sp³-hybridized carbons (Fsp3) is 0.462. The molecule has 1 amide bonds. The molecule has 1 aliphatic rings. The molecule has 1 aromatic rings. The lowest BCUT2D eigenvalue weighted by Crippen LogP contribution is -2.41. The maximum atomic E-state index is 13.9. The second-order valence-electron chi connectivity index (χ2n) is 4.74. The van der Waals surface area contributed by atoms with E-state index in [4.69, 9.17) is 0 Å². The Bertz CT molecular complexity index is 529. The first kappa shape index (κ1) is 15.5. The number of carbonyl (C=O) groups excluding carboxylic acids is 1. The van der Waals surface area contributed by atoms with E-state index < -0.39 is 24.1 Å². The Labute approximate surface area is 117 Å². The van der Waals surface area contributed by atoms with Crippen molar-refractivity contribution in [3.05, 3.63) is 24.0 Å². The van der Waals surface area contributed by atoms with Crippen molar-refractivity contribution in [3.8, 4) is 0 Å². The first-order chi connectivity index (χ1) is 9.82. The summed E-state index contributed by atoms with van der Waals surface area (Å²) in [7, 11) is 0. The summed E-state index contributed by atoms with van der Waals surface area (Å²) in [5.41, 5.74) is 0.00638. The highest BCUT2D eigenvalue weighted by molar-refractivity contribution is 5.96. The van der Waals surface area contributed by atoms with Gasteiger partial charge in [-0.25, -0.2) is 13.2 Å². The van der Waals surface area contributed by atoms with Crippen molar-refractivity contribution in [1.29, 1.82) is 0 Å². The van der Waals surface area contributed by atoms with Gasteiger partial charge in [0.2, 0.25) is 0 Å². The Kier molecular flexibility index (Phi) is 4.34. The van der Waals surface area contributed by atoms with Crippen molar-refractivity contribution in [2.45, 2.75) is 25.2 Å². The Hall–Kier alpha value is -1.86. The van der Waals surface area contributed by atoms with E-state index in [1.54, 1.807) is 10.2 Å². The van der Waals surface area contributed by atoms with Crippen LogP contribution >= 0.6 is 0 Å². The molecule has 21 heavy (non-hydrogen) atoms. The second-order valence-corrected chi connectivity index (χ2v) is 4.74. The molecular formula is C13H13F5N2O. The Balaban J connectivity index is 2.12. The zero-order chi connectivity index (χ0) is 15.6. The highest BCUT2D eigenvalue weighted by atomic mass is 19.3. The van der Waals surface area contributed by atoms with Crippen LogP contribution in [0, 0.1) is 5.82 Å². The number of halogens is 5. The van der Waals surface area contributed by atoms with Crippen LogP contribution in [0.2, 0.25) is 0 Å². The van der Waals surface area contributed by atoms with E-state index >= 15 is 0 Å². The van der Waals surface area contributed by atoms with Gasteiger partial charge in [0.1, 0.15) is 5.82 Å². The molecular weight excluding hydrogens is 295 g/mol. The lowest BCUT2D eigenvalue weighted by Gasteiger charge is -2.19. The SMILES string of the molecule is O=C(Nc1ccc(N2CCCC2)c(F)c1)C(F)(F)C(F)F. The first-order valence-electron chi connectivity index (χ1n) is 6.34. The molecule has 0 aromatic heterocycles. The zero-order valence-corrected chi connectivity index (χ0v) is 10.9. The molecule has 0 radical (unpaired) electrons. The molecule has 3 nitrogen and oxygen atoms in total. The number of hydrogen-bond donors (Lipinski definition) is 1. The number of hydrogen-bond acceptors (Lipinski definition) is 2. The van der Waals surface area contributed by atoms with E-state index in [9.17, 15) is 26.7 Å². The molecule has 0 spiro atoms. The van der Waals surface area contributed by atoms with E-state index in [0.29, 0.717) is 18.8 Å². The fourth-order valence-electron chi connectivity index (χ4n) is 2.11. The zero-order valence-electron chi connectivity index (χ0n) is 10.9. The third kappa shape index (κ3) is 3.25. The van der Waals surface area contributed by atoms with Gasteiger partial charge in [-0.3, -0.25) is 4.79 Å². The second kappa shape index (κ2) is 5.87. The van der Waals surface area contributed by atoms with Crippen molar-refractivity contribution in [2.75, 3.05) is 23.3 Å². The van der Waals surface area contributed by atoms with Gasteiger partial charge in [-0.15, -0.1) is 0 Å². The fourth-order valence-corrected chi connectivity index (χ4v) is 2.11. The maximum Gasteiger partial charge on any atom is 0.383 e. The summed E-state index contributed by atoms with van der Waals surface area (Å²) in [6.07, 6.45) is -2.26. The van der Waals surface area contributed by atoms with Crippen LogP contribution in [-0.4, -0.2) is 31.3 Å². The average Bonchev–Trinajstić information content (AvgIpc) is 2.92. The van der Waals surface area contributed by atoms with E-state index in [0.717, 1.165) is 18.9 Å². The molecule has 1 saturated heterocycles. The van der Waals surface area contributed by atoms with Gasteiger partial charge in [-0.1, -0.05) is 0 Å². The van der Waals surface area contributed by atoms with Gasteiger partial charge >= 0.3 is 18.3 Å². The highest BCUT2D eigenvalue weighted by Gasteiger charge is 2.49. The molecule has 0 saturated carbocycles. The number of nitrogens with one attached hydrogen (secondary N) is 1. The average molecular weight is 308 g/mol. The Morgan fingerprint density at radius 2 is 1.86 bits per heavy atom. The van der Waals surface area contributed by atoms with Crippen LogP contribution in [0.1, 0.15) is 12.8 Å². The monoisotopic (exact) mass is 308 g/mol. The topological polar surface area (TPSA) is 32.3 Å². The smallest absolute Gasteiger partial charge is 0.369 e. The van der Waals surface area contributed by atoms with Crippen molar-refractivity contribution in [1.82, 2.24) is 0 Å². The molecule has 2 rings (SSSR count). The van der Waals surface area contributed by atoms with Gasteiger partial charge in [0.15, 0.2) is 0 Å². The predicted octanol–water partition coefficient (Wildman–Crippen LogP) is 3.26. The molecule has 0 bridgehead atoms. The minimum atomic E-state index is -4.82.